The smallest absolute Gasteiger partial charge is 0.392 e. The zero-order valence-corrected chi connectivity index (χ0v) is 15.9. The Morgan fingerprint density at radius 2 is 1.89 bits per heavy atom. The van der Waals surface area contributed by atoms with Gasteiger partial charge in [-0.05, 0) is 48.6 Å². The molecule has 0 aliphatic heterocycles. The highest BCUT2D eigenvalue weighted by atomic mass is 19.4. The molecule has 0 fully saturated rings. The molecule has 0 radical (unpaired) electrons. The maximum atomic E-state index is 13.8. The Hall–Kier alpha value is -2.57. The topological polar surface area (TPSA) is 37.9 Å². The second-order valence-electron chi connectivity index (χ2n) is 7.63. The minimum Gasteiger partial charge on any atom is -0.496 e. The largest absolute Gasteiger partial charge is 0.496 e. The van der Waals surface area contributed by atoms with Gasteiger partial charge in [0.2, 0.25) is 0 Å². The highest BCUT2D eigenvalue weighted by Crippen LogP contribution is 2.42. The van der Waals surface area contributed by atoms with Crippen LogP contribution in [-0.4, -0.2) is 23.3 Å². The van der Waals surface area contributed by atoms with Gasteiger partial charge >= 0.3 is 6.18 Å². The number of halogens is 4. The van der Waals surface area contributed by atoms with Crippen molar-refractivity contribution in [1.29, 1.82) is 0 Å². The molecule has 1 atom stereocenters. The zero-order valence-electron chi connectivity index (χ0n) is 15.9. The highest BCUT2D eigenvalue weighted by molar-refractivity contribution is 5.79. The van der Waals surface area contributed by atoms with Crippen LogP contribution in [0.4, 0.5) is 17.6 Å². The van der Waals surface area contributed by atoms with Gasteiger partial charge in [0.15, 0.2) is 0 Å². The van der Waals surface area contributed by atoms with Crippen LogP contribution in [0.1, 0.15) is 31.5 Å². The van der Waals surface area contributed by atoms with Gasteiger partial charge in [0.1, 0.15) is 11.6 Å². The van der Waals surface area contributed by atoms with Crippen molar-refractivity contribution in [2.45, 2.75) is 38.3 Å². The molecule has 0 bridgehead atoms. The fourth-order valence-corrected chi connectivity index (χ4v) is 3.65. The number of H-pyrrole nitrogens is 1. The number of nitrogens with zero attached hydrogens (tertiary/aromatic N) is 1. The van der Waals surface area contributed by atoms with Gasteiger partial charge in [-0.2, -0.15) is 13.2 Å². The summed E-state index contributed by atoms with van der Waals surface area (Å²) in [6.07, 6.45) is -1.61. The molecular formula is C21H22F4N2O. The Labute approximate surface area is 160 Å². The van der Waals surface area contributed by atoms with Crippen LogP contribution in [0.2, 0.25) is 0 Å². The summed E-state index contributed by atoms with van der Waals surface area (Å²) in [6.45, 7) is 3.36. The molecule has 1 unspecified atom stereocenters. The average Bonchev–Trinajstić information content (AvgIpc) is 3.02. The van der Waals surface area contributed by atoms with Crippen molar-refractivity contribution >= 4 is 10.9 Å². The number of aromatic nitrogens is 2. The number of benzene rings is 1. The third kappa shape index (κ3) is 4.29. The quantitative estimate of drug-likeness (QED) is 0.537. The monoisotopic (exact) mass is 394 g/mol. The number of aromatic amines is 1. The fraction of sp³-hybridized carbons (Fsp3) is 0.381. The fourth-order valence-electron chi connectivity index (χ4n) is 3.65. The van der Waals surface area contributed by atoms with E-state index in [0.717, 1.165) is 5.39 Å². The minimum absolute atomic E-state index is 0.195. The first-order valence-electron chi connectivity index (χ1n) is 8.92. The van der Waals surface area contributed by atoms with Crippen LogP contribution in [0.25, 0.3) is 10.9 Å². The van der Waals surface area contributed by atoms with Crippen molar-refractivity contribution in [2.24, 2.45) is 5.92 Å². The van der Waals surface area contributed by atoms with Gasteiger partial charge in [-0.15, -0.1) is 0 Å². The summed E-state index contributed by atoms with van der Waals surface area (Å²) >= 11 is 0. The molecule has 0 saturated carbocycles. The van der Waals surface area contributed by atoms with Gasteiger partial charge in [0.25, 0.3) is 0 Å². The number of fused-ring (bicyclic) bond motifs is 1. The first kappa shape index (κ1) is 20.2. The molecule has 0 aliphatic carbocycles. The van der Waals surface area contributed by atoms with E-state index in [0.29, 0.717) is 22.5 Å². The number of nitrogens with one attached hydrogen (secondary N) is 1. The molecule has 3 nitrogen and oxygen atoms in total. The van der Waals surface area contributed by atoms with E-state index in [4.69, 9.17) is 4.74 Å². The summed E-state index contributed by atoms with van der Waals surface area (Å²) in [6, 6.07) is 7.39. The van der Waals surface area contributed by atoms with Crippen LogP contribution in [0, 0.1) is 11.7 Å². The first-order valence-corrected chi connectivity index (χ1v) is 8.92. The molecular weight excluding hydrogens is 372 g/mol. The number of pyridine rings is 1. The van der Waals surface area contributed by atoms with Crippen molar-refractivity contribution in [1.82, 2.24) is 9.97 Å². The summed E-state index contributed by atoms with van der Waals surface area (Å²) in [7, 11) is 1.42. The van der Waals surface area contributed by atoms with Crippen LogP contribution in [0.3, 0.4) is 0 Å². The maximum Gasteiger partial charge on any atom is 0.392 e. The number of methoxy groups -OCH3 is 1. The van der Waals surface area contributed by atoms with E-state index >= 15 is 0 Å². The second kappa shape index (κ2) is 7.45. The molecule has 28 heavy (non-hydrogen) atoms. The average molecular weight is 394 g/mol. The zero-order chi connectivity index (χ0) is 20.5. The van der Waals surface area contributed by atoms with E-state index in [1.54, 1.807) is 38.4 Å². The Morgan fingerprint density at radius 1 is 1.14 bits per heavy atom. The van der Waals surface area contributed by atoms with E-state index < -0.39 is 23.3 Å². The van der Waals surface area contributed by atoms with Crippen molar-refractivity contribution < 1.29 is 22.3 Å². The van der Waals surface area contributed by atoms with Crippen LogP contribution in [0.5, 0.6) is 5.75 Å². The van der Waals surface area contributed by atoms with Gasteiger partial charge in [-0.1, -0.05) is 13.8 Å². The van der Waals surface area contributed by atoms with Crippen LogP contribution >= 0.6 is 0 Å². The third-order valence-electron chi connectivity index (χ3n) is 5.06. The van der Waals surface area contributed by atoms with E-state index in [-0.39, 0.29) is 12.8 Å². The van der Waals surface area contributed by atoms with Crippen molar-refractivity contribution in [3.05, 3.63) is 59.8 Å². The molecule has 0 saturated heterocycles. The summed E-state index contributed by atoms with van der Waals surface area (Å²) in [4.78, 5) is 6.99. The Bertz CT molecular complexity index is 929. The van der Waals surface area contributed by atoms with Crippen molar-refractivity contribution in [3.63, 3.8) is 0 Å². The molecule has 3 aromatic rings. The molecule has 2 aromatic heterocycles. The van der Waals surface area contributed by atoms with Crippen LogP contribution in [0.15, 0.2) is 42.7 Å². The summed E-state index contributed by atoms with van der Waals surface area (Å²) in [5.41, 5.74) is 0.670. The van der Waals surface area contributed by atoms with Gasteiger partial charge < -0.3 is 9.72 Å². The minimum atomic E-state index is -4.40. The van der Waals surface area contributed by atoms with E-state index in [2.05, 4.69) is 9.97 Å². The Balaban J connectivity index is 1.91. The van der Waals surface area contributed by atoms with Gasteiger partial charge in [0.05, 0.1) is 24.7 Å². The van der Waals surface area contributed by atoms with E-state index in [9.17, 15) is 17.6 Å². The molecule has 3 rings (SSSR count). The highest BCUT2D eigenvalue weighted by Gasteiger charge is 2.43. The lowest BCUT2D eigenvalue weighted by Crippen LogP contribution is -2.32. The number of ether oxygens (including phenoxy) is 1. The Kier molecular flexibility index (Phi) is 5.37. The van der Waals surface area contributed by atoms with Crippen molar-refractivity contribution in [2.75, 3.05) is 7.11 Å². The van der Waals surface area contributed by atoms with E-state index in [1.807, 2.05) is 0 Å². The second-order valence-corrected chi connectivity index (χ2v) is 7.63. The first-order chi connectivity index (χ1) is 13.1. The third-order valence-corrected chi connectivity index (χ3v) is 5.06. The summed E-state index contributed by atoms with van der Waals surface area (Å²) in [5.74, 6) is -1.73. The SMILES string of the molecule is COc1ccc(F)cc1C(C)(C)CC(Cc1cc2ccncc2[nH]1)C(F)(F)F. The van der Waals surface area contributed by atoms with Crippen LogP contribution < -0.4 is 4.74 Å². The lowest BCUT2D eigenvalue weighted by atomic mass is 9.75. The standard InChI is InChI=1S/C21H22F4N2O/c1-20(2,17-10-15(22)4-5-19(17)28-3)11-14(21(23,24)25)9-16-8-13-6-7-26-12-18(13)27-16/h4-8,10,12,14,27H,9,11H2,1-3H3. The molecule has 1 aromatic carbocycles. The number of alkyl halides is 3. The predicted octanol–water partition coefficient (Wildman–Crippen LogP) is 5.80. The van der Waals surface area contributed by atoms with E-state index in [1.165, 1.54) is 25.3 Å². The van der Waals surface area contributed by atoms with Gasteiger partial charge in [-0.25, -0.2) is 4.39 Å². The maximum absolute atomic E-state index is 13.8. The molecule has 1 N–H and O–H groups in total. The normalized spacial score (nSPS) is 13.7. The lowest BCUT2D eigenvalue weighted by Gasteiger charge is -2.32. The Morgan fingerprint density at radius 3 is 2.54 bits per heavy atom. The molecule has 2 heterocycles. The predicted molar refractivity (Wildman–Crippen MR) is 99.9 cm³/mol. The molecule has 0 spiro atoms. The summed E-state index contributed by atoms with van der Waals surface area (Å²) < 4.78 is 60.5. The molecule has 150 valence electrons. The number of hydrogen-bond acceptors (Lipinski definition) is 2. The van der Waals surface area contributed by atoms with Gasteiger partial charge in [-0.3, -0.25) is 4.98 Å². The lowest BCUT2D eigenvalue weighted by molar-refractivity contribution is -0.179. The van der Waals surface area contributed by atoms with Crippen molar-refractivity contribution in [3.8, 4) is 5.75 Å². The molecule has 7 heteroatoms. The van der Waals surface area contributed by atoms with Gasteiger partial charge in [0, 0.05) is 22.8 Å². The number of hydrogen-bond donors (Lipinski definition) is 1. The van der Waals surface area contributed by atoms with Crippen LogP contribution in [-0.2, 0) is 11.8 Å². The summed E-state index contributed by atoms with van der Waals surface area (Å²) in [5, 5.41) is 0.817. The molecule has 0 aliphatic rings. The molecule has 0 amide bonds. The number of rotatable bonds is 6.